The average molecular weight is 407 g/mol. The summed E-state index contributed by atoms with van der Waals surface area (Å²) in [4.78, 5) is 27.0. The minimum Gasteiger partial charge on any atom is -0.368 e. The third-order valence-corrected chi connectivity index (χ3v) is 5.94. The first-order chi connectivity index (χ1) is 14.0. The lowest BCUT2D eigenvalue weighted by Gasteiger charge is -2.33. The largest absolute Gasteiger partial charge is 0.368 e. The highest BCUT2D eigenvalue weighted by Crippen LogP contribution is 2.35. The maximum Gasteiger partial charge on any atom is 0.231 e. The number of aromatic nitrogens is 4. The average Bonchev–Trinajstić information content (AvgIpc) is 3.07. The number of nitrogens with one attached hydrogen (secondary N) is 1. The van der Waals surface area contributed by atoms with Crippen LogP contribution in [0.25, 0.3) is 15.4 Å². The van der Waals surface area contributed by atoms with Gasteiger partial charge in [-0.15, -0.1) is 11.3 Å². The van der Waals surface area contributed by atoms with E-state index >= 15 is 0 Å². The van der Waals surface area contributed by atoms with Gasteiger partial charge in [-0.05, 0) is 33.0 Å². The quantitative estimate of drug-likeness (QED) is 0.663. The van der Waals surface area contributed by atoms with Crippen molar-refractivity contribution in [3.63, 3.8) is 0 Å². The van der Waals surface area contributed by atoms with Crippen LogP contribution in [0.1, 0.15) is 10.7 Å². The first kappa shape index (κ1) is 19.2. The molecule has 29 heavy (non-hydrogen) atoms. The summed E-state index contributed by atoms with van der Waals surface area (Å²) in [5, 5.41) is 4.10. The zero-order valence-electron chi connectivity index (χ0n) is 16.7. The van der Waals surface area contributed by atoms with Crippen molar-refractivity contribution < 1.29 is 0 Å². The van der Waals surface area contributed by atoms with Gasteiger partial charge in [-0.3, -0.25) is 0 Å². The minimum atomic E-state index is 0.415. The number of pyridine rings is 1. The summed E-state index contributed by atoms with van der Waals surface area (Å²) >= 11 is 1.53. The Balaban J connectivity index is 1.54. The Morgan fingerprint density at radius 3 is 2.48 bits per heavy atom. The predicted molar refractivity (Wildman–Crippen MR) is 116 cm³/mol. The molecule has 0 saturated carbocycles. The SMILES string of the molecule is [C-]#[N+]c1cnc(Nc2ccc(N3CCN(C)CC3)cn2)nc1-c1sc(C)nc1C. The molecule has 1 aliphatic heterocycles. The first-order valence-corrected chi connectivity index (χ1v) is 10.2. The third-order valence-electron chi connectivity index (χ3n) is 4.86. The molecule has 148 valence electrons. The Kier molecular flexibility index (Phi) is 5.38. The summed E-state index contributed by atoms with van der Waals surface area (Å²) in [6.07, 6.45) is 3.42. The van der Waals surface area contributed by atoms with Crippen LogP contribution in [0.15, 0.2) is 24.5 Å². The molecule has 4 heterocycles. The van der Waals surface area contributed by atoms with Gasteiger partial charge in [-0.2, -0.15) is 0 Å². The van der Waals surface area contributed by atoms with E-state index in [0.29, 0.717) is 23.1 Å². The number of thiazole rings is 1. The smallest absolute Gasteiger partial charge is 0.231 e. The zero-order valence-corrected chi connectivity index (χ0v) is 17.5. The van der Waals surface area contributed by atoms with E-state index < -0.39 is 0 Å². The molecule has 9 heteroatoms. The lowest BCUT2D eigenvalue weighted by atomic mass is 10.2. The monoisotopic (exact) mass is 406 g/mol. The van der Waals surface area contributed by atoms with Gasteiger partial charge in [0.15, 0.2) is 0 Å². The maximum absolute atomic E-state index is 7.43. The molecular formula is C20H22N8S. The molecule has 3 aromatic rings. The Morgan fingerprint density at radius 1 is 1.07 bits per heavy atom. The van der Waals surface area contributed by atoms with E-state index in [-0.39, 0.29) is 0 Å². The number of piperazine rings is 1. The molecule has 1 saturated heterocycles. The van der Waals surface area contributed by atoms with Gasteiger partial charge in [-0.25, -0.2) is 24.8 Å². The van der Waals surface area contributed by atoms with Gasteiger partial charge in [0.25, 0.3) is 0 Å². The molecule has 0 bridgehead atoms. The van der Waals surface area contributed by atoms with Crippen molar-refractivity contribution in [2.75, 3.05) is 43.4 Å². The number of rotatable bonds is 4. The number of aryl methyl sites for hydroxylation is 2. The van der Waals surface area contributed by atoms with Crippen molar-refractivity contribution >= 4 is 34.5 Å². The fourth-order valence-electron chi connectivity index (χ4n) is 3.26. The number of nitrogens with zero attached hydrogens (tertiary/aromatic N) is 7. The van der Waals surface area contributed by atoms with Crippen molar-refractivity contribution in [2.24, 2.45) is 0 Å². The molecule has 1 N–H and O–H groups in total. The lowest BCUT2D eigenvalue weighted by Crippen LogP contribution is -2.44. The molecule has 8 nitrogen and oxygen atoms in total. The lowest BCUT2D eigenvalue weighted by molar-refractivity contribution is 0.313. The van der Waals surface area contributed by atoms with Crippen molar-refractivity contribution in [1.82, 2.24) is 24.8 Å². The molecule has 3 aromatic heterocycles. The number of anilines is 3. The predicted octanol–water partition coefficient (Wildman–Crippen LogP) is 3.66. The highest BCUT2D eigenvalue weighted by molar-refractivity contribution is 7.15. The van der Waals surface area contributed by atoms with E-state index in [1.807, 2.05) is 26.1 Å². The van der Waals surface area contributed by atoms with Crippen molar-refractivity contribution in [2.45, 2.75) is 13.8 Å². The second-order valence-electron chi connectivity index (χ2n) is 7.00. The minimum absolute atomic E-state index is 0.415. The number of hydrogen-bond donors (Lipinski definition) is 1. The standard InChI is InChI=1S/C20H22N8S/c1-13-19(29-14(2)24-13)18-16(21-3)12-23-20(26-18)25-17-6-5-15(11-22-17)28-9-7-27(4)8-10-28/h5-6,11-12H,7-10H2,1-2,4H3,(H,22,23,25,26). The van der Waals surface area contributed by atoms with Crippen LogP contribution in [0.3, 0.4) is 0 Å². The van der Waals surface area contributed by atoms with E-state index in [9.17, 15) is 0 Å². The van der Waals surface area contributed by atoms with Crippen LogP contribution in [0.4, 0.5) is 23.1 Å². The second-order valence-corrected chi connectivity index (χ2v) is 8.21. The van der Waals surface area contributed by atoms with Crippen LogP contribution in [0.2, 0.25) is 0 Å². The molecule has 0 radical (unpaired) electrons. The zero-order chi connectivity index (χ0) is 20.4. The summed E-state index contributed by atoms with van der Waals surface area (Å²) in [5.41, 5.74) is 3.01. The van der Waals surface area contributed by atoms with Crippen LogP contribution in [0.5, 0.6) is 0 Å². The van der Waals surface area contributed by atoms with Crippen molar-refractivity contribution in [1.29, 1.82) is 0 Å². The molecule has 1 fully saturated rings. The van der Waals surface area contributed by atoms with Crippen LogP contribution in [-0.2, 0) is 0 Å². The molecular weight excluding hydrogens is 384 g/mol. The van der Waals surface area contributed by atoms with E-state index in [2.05, 4.69) is 53.0 Å². The van der Waals surface area contributed by atoms with Crippen LogP contribution in [-0.4, -0.2) is 58.1 Å². The maximum atomic E-state index is 7.43. The molecule has 0 unspecified atom stereocenters. The molecule has 0 aromatic carbocycles. The van der Waals surface area contributed by atoms with E-state index in [1.54, 1.807) is 6.20 Å². The van der Waals surface area contributed by atoms with Gasteiger partial charge in [0.05, 0.1) is 39.7 Å². The molecule has 0 atom stereocenters. The van der Waals surface area contributed by atoms with Crippen LogP contribution >= 0.6 is 11.3 Å². The van der Waals surface area contributed by atoms with Gasteiger partial charge in [0, 0.05) is 32.4 Å². The Bertz CT molecular complexity index is 1050. The van der Waals surface area contributed by atoms with Gasteiger partial charge in [0.2, 0.25) is 11.6 Å². The Labute approximate surface area is 174 Å². The molecule has 4 rings (SSSR count). The molecule has 0 aliphatic carbocycles. The van der Waals surface area contributed by atoms with Gasteiger partial charge >= 0.3 is 0 Å². The van der Waals surface area contributed by atoms with E-state index in [4.69, 9.17) is 6.57 Å². The van der Waals surface area contributed by atoms with Crippen LogP contribution in [0, 0.1) is 20.4 Å². The topological polar surface area (TPSA) is 74.4 Å². The summed E-state index contributed by atoms with van der Waals surface area (Å²) in [5.74, 6) is 1.08. The van der Waals surface area contributed by atoms with Gasteiger partial charge in [-0.1, -0.05) is 0 Å². The Morgan fingerprint density at radius 2 is 1.86 bits per heavy atom. The molecule has 1 aliphatic rings. The van der Waals surface area contributed by atoms with E-state index in [0.717, 1.165) is 47.4 Å². The number of likely N-dealkylation sites (N-methyl/N-ethyl adjacent to an activating group) is 1. The fraction of sp³-hybridized carbons (Fsp3) is 0.350. The molecule has 0 amide bonds. The fourth-order valence-corrected chi connectivity index (χ4v) is 4.18. The number of hydrogen-bond acceptors (Lipinski definition) is 8. The van der Waals surface area contributed by atoms with Crippen molar-refractivity contribution in [3.8, 4) is 10.6 Å². The normalized spacial score (nSPS) is 14.6. The van der Waals surface area contributed by atoms with Gasteiger partial charge < -0.3 is 15.1 Å². The molecule has 0 spiro atoms. The van der Waals surface area contributed by atoms with Crippen molar-refractivity contribution in [3.05, 3.63) is 46.6 Å². The summed E-state index contributed by atoms with van der Waals surface area (Å²) in [7, 11) is 2.14. The summed E-state index contributed by atoms with van der Waals surface area (Å²) in [6, 6.07) is 3.99. The Hall–Kier alpha value is -3.09. The summed E-state index contributed by atoms with van der Waals surface area (Å²) < 4.78 is 0. The third kappa shape index (κ3) is 4.18. The summed E-state index contributed by atoms with van der Waals surface area (Å²) in [6.45, 7) is 15.4. The van der Waals surface area contributed by atoms with E-state index in [1.165, 1.54) is 11.3 Å². The highest BCUT2D eigenvalue weighted by atomic mass is 32.1. The van der Waals surface area contributed by atoms with Gasteiger partial charge in [0.1, 0.15) is 5.82 Å². The second kappa shape index (κ2) is 8.11. The first-order valence-electron chi connectivity index (χ1n) is 9.39. The highest BCUT2D eigenvalue weighted by Gasteiger charge is 2.17. The van der Waals surface area contributed by atoms with Crippen LogP contribution < -0.4 is 10.2 Å².